The van der Waals surface area contributed by atoms with Crippen LogP contribution in [-0.2, 0) is 9.59 Å². The van der Waals surface area contributed by atoms with Crippen LogP contribution in [0.3, 0.4) is 0 Å². The van der Waals surface area contributed by atoms with E-state index < -0.39 is 0 Å². The zero-order valence-electron chi connectivity index (χ0n) is 15.9. The third-order valence-corrected chi connectivity index (χ3v) is 4.67. The number of methoxy groups -OCH3 is 2. The number of nitrogens with zero attached hydrogens (tertiary/aromatic N) is 1. The molecule has 3 rings (SSSR count). The van der Waals surface area contributed by atoms with E-state index in [2.05, 4.69) is 5.32 Å². The molecule has 1 N–H and O–H groups in total. The van der Waals surface area contributed by atoms with Crippen molar-refractivity contribution in [2.75, 3.05) is 26.1 Å². The Bertz CT molecular complexity index is 938. The number of rotatable bonds is 7. The van der Waals surface area contributed by atoms with Gasteiger partial charge in [0.05, 0.1) is 25.5 Å². The van der Waals surface area contributed by atoms with E-state index in [0.717, 1.165) is 0 Å². The molecule has 0 radical (unpaired) electrons. The molecule has 0 aliphatic carbocycles. The standard InChI is InChI=1S/C21H21ClN2O4/c1-4-11-24-20(25)18(13-5-7-14(22)8-6-13)19(21(24)26)23-16-12-15(27-2)9-10-17(16)28-3/h5-10,12,23H,4,11H2,1-3H3. The quantitative estimate of drug-likeness (QED) is 0.712. The number of hydrogen-bond donors (Lipinski definition) is 1. The largest absolute Gasteiger partial charge is 0.497 e. The molecule has 2 aromatic carbocycles. The maximum atomic E-state index is 13.0. The maximum Gasteiger partial charge on any atom is 0.278 e. The first kappa shape index (κ1) is 19.8. The van der Waals surface area contributed by atoms with Gasteiger partial charge in [-0.05, 0) is 36.2 Å². The Morgan fingerprint density at radius 3 is 2.32 bits per heavy atom. The Morgan fingerprint density at radius 2 is 1.71 bits per heavy atom. The summed E-state index contributed by atoms with van der Waals surface area (Å²) in [5, 5.41) is 3.65. The Hall–Kier alpha value is -2.99. The highest BCUT2D eigenvalue weighted by Gasteiger charge is 2.39. The lowest BCUT2D eigenvalue weighted by molar-refractivity contribution is -0.136. The lowest BCUT2D eigenvalue weighted by Crippen LogP contribution is -2.33. The fourth-order valence-corrected chi connectivity index (χ4v) is 3.18. The molecule has 1 aliphatic heterocycles. The number of ether oxygens (including phenoxy) is 2. The molecule has 28 heavy (non-hydrogen) atoms. The van der Waals surface area contributed by atoms with E-state index in [1.165, 1.54) is 12.0 Å². The van der Waals surface area contributed by atoms with Gasteiger partial charge in [0.1, 0.15) is 17.2 Å². The molecule has 7 heteroatoms. The molecule has 1 aliphatic rings. The highest BCUT2D eigenvalue weighted by Crippen LogP contribution is 2.35. The first-order chi connectivity index (χ1) is 13.5. The normalized spacial score (nSPS) is 13.9. The van der Waals surface area contributed by atoms with Gasteiger partial charge in [-0.15, -0.1) is 0 Å². The van der Waals surface area contributed by atoms with Crippen molar-refractivity contribution < 1.29 is 19.1 Å². The number of imide groups is 1. The van der Waals surface area contributed by atoms with Gasteiger partial charge in [-0.3, -0.25) is 14.5 Å². The number of carbonyl (C=O) groups is 2. The van der Waals surface area contributed by atoms with E-state index in [-0.39, 0.29) is 17.5 Å². The summed E-state index contributed by atoms with van der Waals surface area (Å²) >= 11 is 5.98. The number of carbonyl (C=O) groups excluding carboxylic acids is 2. The molecule has 0 spiro atoms. The third kappa shape index (κ3) is 3.68. The predicted molar refractivity (Wildman–Crippen MR) is 109 cm³/mol. The Balaban J connectivity index is 2.11. The topological polar surface area (TPSA) is 67.9 Å². The molecule has 0 saturated heterocycles. The SMILES string of the molecule is CCCN1C(=O)C(Nc2cc(OC)ccc2OC)=C(c2ccc(Cl)cc2)C1=O. The second-order valence-electron chi connectivity index (χ2n) is 6.21. The Morgan fingerprint density at radius 1 is 1.00 bits per heavy atom. The van der Waals surface area contributed by atoms with Crippen molar-refractivity contribution in [3.8, 4) is 11.5 Å². The van der Waals surface area contributed by atoms with Crippen LogP contribution in [0, 0.1) is 0 Å². The molecule has 146 valence electrons. The minimum Gasteiger partial charge on any atom is -0.497 e. The molecule has 0 aromatic heterocycles. The summed E-state index contributed by atoms with van der Waals surface area (Å²) in [5.41, 5.74) is 1.65. The highest BCUT2D eigenvalue weighted by atomic mass is 35.5. The third-order valence-electron chi connectivity index (χ3n) is 4.41. The van der Waals surface area contributed by atoms with E-state index in [1.54, 1.807) is 49.6 Å². The first-order valence-corrected chi connectivity index (χ1v) is 9.23. The van der Waals surface area contributed by atoms with Crippen LogP contribution in [0.2, 0.25) is 5.02 Å². The van der Waals surface area contributed by atoms with Crippen molar-refractivity contribution in [3.63, 3.8) is 0 Å². The molecular weight excluding hydrogens is 380 g/mol. The fourth-order valence-electron chi connectivity index (χ4n) is 3.05. The zero-order chi connectivity index (χ0) is 20.3. The molecule has 1 heterocycles. The molecule has 2 amide bonds. The molecular formula is C21H21ClN2O4. The van der Waals surface area contributed by atoms with Crippen LogP contribution >= 0.6 is 11.6 Å². The summed E-state index contributed by atoms with van der Waals surface area (Å²) in [6.07, 6.45) is 0.668. The van der Waals surface area contributed by atoms with Crippen molar-refractivity contribution in [1.82, 2.24) is 4.90 Å². The number of halogens is 1. The lowest BCUT2D eigenvalue weighted by atomic mass is 10.0. The van der Waals surface area contributed by atoms with Crippen molar-refractivity contribution in [2.45, 2.75) is 13.3 Å². The van der Waals surface area contributed by atoms with Gasteiger partial charge < -0.3 is 14.8 Å². The molecule has 6 nitrogen and oxygen atoms in total. The van der Waals surface area contributed by atoms with E-state index in [1.807, 2.05) is 6.92 Å². The Kier molecular flexibility index (Phi) is 5.90. The van der Waals surface area contributed by atoms with E-state index in [0.29, 0.717) is 46.3 Å². The van der Waals surface area contributed by atoms with Crippen LogP contribution in [0.25, 0.3) is 5.57 Å². The molecule has 2 aromatic rings. The van der Waals surface area contributed by atoms with Crippen molar-refractivity contribution in [1.29, 1.82) is 0 Å². The lowest BCUT2D eigenvalue weighted by Gasteiger charge is -2.15. The summed E-state index contributed by atoms with van der Waals surface area (Å²) in [4.78, 5) is 27.2. The first-order valence-electron chi connectivity index (χ1n) is 8.85. The van der Waals surface area contributed by atoms with Gasteiger partial charge in [-0.25, -0.2) is 0 Å². The van der Waals surface area contributed by atoms with E-state index in [9.17, 15) is 9.59 Å². The minimum absolute atomic E-state index is 0.201. The van der Waals surface area contributed by atoms with Crippen LogP contribution in [0.4, 0.5) is 5.69 Å². The molecule has 0 saturated carbocycles. The van der Waals surface area contributed by atoms with Crippen LogP contribution in [0.5, 0.6) is 11.5 Å². The molecule has 0 atom stereocenters. The summed E-state index contributed by atoms with van der Waals surface area (Å²) in [5.74, 6) is 0.414. The number of amides is 2. The number of hydrogen-bond acceptors (Lipinski definition) is 5. The van der Waals surface area contributed by atoms with Crippen molar-refractivity contribution in [3.05, 3.63) is 58.7 Å². The number of nitrogens with one attached hydrogen (secondary N) is 1. The van der Waals surface area contributed by atoms with Crippen LogP contribution < -0.4 is 14.8 Å². The van der Waals surface area contributed by atoms with Gasteiger partial charge in [0.2, 0.25) is 0 Å². The van der Waals surface area contributed by atoms with Gasteiger partial charge in [0.15, 0.2) is 0 Å². The zero-order valence-corrected chi connectivity index (χ0v) is 16.7. The van der Waals surface area contributed by atoms with E-state index in [4.69, 9.17) is 21.1 Å². The van der Waals surface area contributed by atoms with Gasteiger partial charge in [-0.2, -0.15) is 0 Å². The molecule has 0 fully saturated rings. The maximum absolute atomic E-state index is 13.0. The molecule has 0 unspecified atom stereocenters. The van der Waals surface area contributed by atoms with Gasteiger partial charge in [0.25, 0.3) is 11.8 Å². The summed E-state index contributed by atoms with van der Waals surface area (Å²) < 4.78 is 10.6. The second kappa shape index (κ2) is 8.35. The van der Waals surface area contributed by atoms with Gasteiger partial charge in [-0.1, -0.05) is 30.7 Å². The van der Waals surface area contributed by atoms with Crippen molar-refractivity contribution >= 4 is 34.7 Å². The Labute approximate surface area is 168 Å². The summed E-state index contributed by atoms with van der Waals surface area (Å²) in [6, 6.07) is 12.0. The van der Waals surface area contributed by atoms with Crippen LogP contribution in [0.15, 0.2) is 48.2 Å². The smallest absolute Gasteiger partial charge is 0.278 e. The fraction of sp³-hybridized carbons (Fsp3) is 0.238. The predicted octanol–water partition coefficient (Wildman–Crippen LogP) is 3.96. The number of anilines is 1. The minimum atomic E-state index is -0.373. The van der Waals surface area contributed by atoms with Crippen LogP contribution in [0.1, 0.15) is 18.9 Å². The average Bonchev–Trinajstić information content (AvgIpc) is 2.93. The van der Waals surface area contributed by atoms with Gasteiger partial charge >= 0.3 is 0 Å². The second-order valence-corrected chi connectivity index (χ2v) is 6.65. The summed E-state index contributed by atoms with van der Waals surface area (Å²) in [7, 11) is 3.09. The number of benzene rings is 2. The van der Waals surface area contributed by atoms with Crippen LogP contribution in [-0.4, -0.2) is 37.5 Å². The monoisotopic (exact) mass is 400 g/mol. The van der Waals surface area contributed by atoms with Crippen molar-refractivity contribution in [2.24, 2.45) is 0 Å². The molecule has 0 bridgehead atoms. The average molecular weight is 401 g/mol. The van der Waals surface area contributed by atoms with Gasteiger partial charge in [0, 0.05) is 17.6 Å². The summed E-state index contributed by atoms with van der Waals surface area (Å²) in [6.45, 7) is 2.26. The van der Waals surface area contributed by atoms with E-state index >= 15 is 0 Å². The highest BCUT2D eigenvalue weighted by molar-refractivity contribution is 6.37.